The molecule has 0 saturated carbocycles. The third-order valence-corrected chi connectivity index (χ3v) is 3.07. The summed E-state index contributed by atoms with van der Waals surface area (Å²) in [5.41, 5.74) is 1.91. The summed E-state index contributed by atoms with van der Waals surface area (Å²) in [6.45, 7) is 4.38. The summed E-state index contributed by atoms with van der Waals surface area (Å²) in [7, 11) is 0. The van der Waals surface area contributed by atoms with E-state index in [0.29, 0.717) is 13.0 Å². The summed E-state index contributed by atoms with van der Waals surface area (Å²) < 4.78 is 1.96. The molecule has 2 aromatic rings. The first-order chi connectivity index (χ1) is 9.70. The molecule has 1 N–H and O–H groups in total. The molecule has 6 heteroatoms. The fraction of sp³-hybridized carbons (Fsp3) is 0.357. The van der Waals surface area contributed by atoms with Crippen molar-refractivity contribution in [2.75, 3.05) is 6.54 Å². The van der Waals surface area contributed by atoms with Crippen molar-refractivity contribution in [1.29, 1.82) is 0 Å². The maximum absolute atomic E-state index is 10.9. The van der Waals surface area contributed by atoms with Gasteiger partial charge in [0.2, 0.25) is 0 Å². The summed E-state index contributed by atoms with van der Waals surface area (Å²) in [6, 6.07) is 6.86. The average molecular weight is 274 g/mol. The molecule has 0 amide bonds. The summed E-state index contributed by atoms with van der Waals surface area (Å²) in [6.07, 6.45) is 4.35. The van der Waals surface area contributed by atoms with E-state index in [2.05, 4.69) is 10.3 Å². The van der Waals surface area contributed by atoms with Crippen LogP contribution in [0.5, 0.6) is 0 Å². The van der Waals surface area contributed by atoms with Crippen LogP contribution in [0.25, 0.3) is 0 Å². The fourth-order valence-electron chi connectivity index (χ4n) is 2.02. The van der Waals surface area contributed by atoms with Crippen molar-refractivity contribution in [3.8, 4) is 0 Å². The first-order valence-electron chi connectivity index (χ1n) is 6.64. The number of nitro benzene ring substituents is 1. The van der Waals surface area contributed by atoms with Gasteiger partial charge in [-0.3, -0.25) is 10.1 Å². The summed E-state index contributed by atoms with van der Waals surface area (Å²) in [5.74, 6) is 0. The van der Waals surface area contributed by atoms with Crippen molar-refractivity contribution in [2.24, 2.45) is 0 Å². The smallest absolute Gasteiger partial charge is 0.272 e. The van der Waals surface area contributed by atoms with E-state index < -0.39 is 0 Å². The number of rotatable bonds is 7. The van der Waals surface area contributed by atoms with Gasteiger partial charge < -0.3 is 9.88 Å². The van der Waals surface area contributed by atoms with Crippen molar-refractivity contribution >= 4 is 5.69 Å². The fourth-order valence-corrected chi connectivity index (χ4v) is 2.02. The Labute approximate surface area is 117 Å². The molecule has 0 aliphatic carbocycles. The van der Waals surface area contributed by atoms with Crippen LogP contribution in [0.2, 0.25) is 0 Å². The van der Waals surface area contributed by atoms with Gasteiger partial charge in [-0.05, 0) is 13.0 Å². The van der Waals surface area contributed by atoms with Crippen molar-refractivity contribution < 1.29 is 4.92 Å². The van der Waals surface area contributed by atoms with Gasteiger partial charge in [-0.15, -0.1) is 0 Å². The van der Waals surface area contributed by atoms with Crippen LogP contribution >= 0.6 is 0 Å². The Morgan fingerprint density at radius 1 is 1.40 bits per heavy atom. The number of aromatic nitrogens is 2. The number of hydrogen-bond acceptors (Lipinski definition) is 4. The molecule has 0 aliphatic heterocycles. The number of imidazole rings is 1. The van der Waals surface area contributed by atoms with Crippen LogP contribution in [0.15, 0.2) is 36.8 Å². The minimum absolute atomic E-state index is 0.181. The molecular weight excluding hydrogens is 256 g/mol. The SMILES string of the molecule is CCNCc1cn(CCc2ccccc2[N+](=O)[O-])cn1. The molecule has 0 atom stereocenters. The highest BCUT2D eigenvalue weighted by atomic mass is 16.6. The van der Waals surface area contributed by atoms with Crippen LogP contribution in [-0.4, -0.2) is 21.0 Å². The quantitative estimate of drug-likeness (QED) is 0.620. The number of aryl methyl sites for hydroxylation is 2. The van der Waals surface area contributed by atoms with Gasteiger partial charge in [0.25, 0.3) is 5.69 Å². The predicted molar refractivity (Wildman–Crippen MR) is 76.4 cm³/mol. The highest BCUT2D eigenvalue weighted by Crippen LogP contribution is 2.18. The van der Waals surface area contributed by atoms with Gasteiger partial charge in [-0.1, -0.05) is 25.1 Å². The highest BCUT2D eigenvalue weighted by molar-refractivity contribution is 5.39. The first kappa shape index (κ1) is 14.2. The lowest BCUT2D eigenvalue weighted by Crippen LogP contribution is -2.11. The molecule has 0 bridgehead atoms. The average Bonchev–Trinajstić information content (AvgIpc) is 2.91. The molecule has 0 aliphatic rings. The Morgan fingerprint density at radius 3 is 2.95 bits per heavy atom. The maximum atomic E-state index is 10.9. The van der Waals surface area contributed by atoms with Gasteiger partial charge >= 0.3 is 0 Å². The van der Waals surface area contributed by atoms with Crippen LogP contribution in [0.3, 0.4) is 0 Å². The number of nitrogens with zero attached hydrogens (tertiary/aromatic N) is 3. The first-order valence-corrected chi connectivity index (χ1v) is 6.64. The topological polar surface area (TPSA) is 73.0 Å². The molecule has 0 fully saturated rings. The van der Waals surface area contributed by atoms with Crippen molar-refractivity contribution in [2.45, 2.75) is 26.4 Å². The second kappa shape index (κ2) is 6.81. The molecule has 6 nitrogen and oxygen atoms in total. The number of para-hydroxylation sites is 1. The number of nitrogens with one attached hydrogen (secondary N) is 1. The van der Waals surface area contributed by atoms with E-state index in [1.807, 2.05) is 23.8 Å². The highest BCUT2D eigenvalue weighted by Gasteiger charge is 2.11. The van der Waals surface area contributed by atoms with E-state index in [-0.39, 0.29) is 10.6 Å². The van der Waals surface area contributed by atoms with Crippen molar-refractivity contribution in [1.82, 2.24) is 14.9 Å². The second-order valence-corrected chi connectivity index (χ2v) is 4.52. The molecule has 1 aromatic carbocycles. The van der Waals surface area contributed by atoms with Crippen LogP contribution in [0.1, 0.15) is 18.2 Å². The summed E-state index contributed by atoms with van der Waals surface area (Å²) >= 11 is 0. The molecular formula is C14H18N4O2. The standard InChI is InChI=1S/C14H18N4O2/c1-2-15-9-13-10-17(11-16-13)8-7-12-5-3-4-6-14(12)18(19)20/h3-6,10-11,15H,2,7-9H2,1H3. The third kappa shape index (κ3) is 3.64. The van der Waals surface area contributed by atoms with E-state index in [4.69, 9.17) is 0 Å². The number of benzene rings is 1. The molecule has 106 valence electrons. The molecule has 1 aromatic heterocycles. The van der Waals surface area contributed by atoms with Gasteiger partial charge in [0.05, 0.1) is 16.9 Å². The third-order valence-electron chi connectivity index (χ3n) is 3.07. The predicted octanol–water partition coefficient (Wildman–Crippen LogP) is 2.14. The zero-order chi connectivity index (χ0) is 14.4. The molecule has 0 saturated heterocycles. The van der Waals surface area contributed by atoms with E-state index in [1.54, 1.807) is 24.5 Å². The van der Waals surface area contributed by atoms with Gasteiger partial charge in [0.1, 0.15) is 0 Å². The van der Waals surface area contributed by atoms with Crippen LogP contribution in [-0.2, 0) is 19.5 Å². The molecule has 2 rings (SSSR count). The van der Waals surface area contributed by atoms with Crippen molar-refractivity contribution in [3.05, 3.63) is 58.2 Å². The minimum Gasteiger partial charge on any atom is -0.337 e. The Kier molecular flexibility index (Phi) is 4.84. The normalized spacial score (nSPS) is 10.7. The number of hydrogen-bond donors (Lipinski definition) is 1. The van der Waals surface area contributed by atoms with Gasteiger partial charge in [-0.25, -0.2) is 4.98 Å². The van der Waals surface area contributed by atoms with E-state index >= 15 is 0 Å². The Hall–Kier alpha value is -2.21. The largest absolute Gasteiger partial charge is 0.337 e. The Morgan fingerprint density at radius 2 is 2.20 bits per heavy atom. The van der Waals surface area contributed by atoms with Crippen molar-refractivity contribution in [3.63, 3.8) is 0 Å². The van der Waals surface area contributed by atoms with Gasteiger partial charge in [0, 0.05) is 30.9 Å². The van der Waals surface area contributed by atoms with E-state index in [0.717, 1.165) is 24.3 Å². The molecule has 20 heavy (non-hydrogen) atoms. The monoisotopic (exact) mass is 274 g/mol. The minimum atomic E-state index is -0.333. The number of nitro groups is 1. The zero-order valence-corrected chi connectivity index (χ0v) is 11.5. The maximum Gasteiger partial charge on any atom is 0.272 e. The summed E-state index contributed by atoms with van der Waals surface area (Å²) in [5, 5.41) is 14.1. The van der Waals surface area contributed by atoms with E-state index in [1.165, 1.54) is 0 Å². The zero-order valence-electron chi connectivity index (χ0n) is 11.5. The molecule has 0 unspecified atom stereocenters. The van der Waals surface area contributed by atoms with E-state index in [9.17, 15) is 10.1 Å². The van der Waals surface area contributed by atoms with Crippen LogP contribution < -0.4 is 5.32 Å². The lowest BCUT2D eigenvalue weighted by atomic mass is 10.1. The molecule has 0 spiro atoms. The van der Waals surface area contributed by atoms with Gasteiger partial charge in [0.15, 0.2) is 0 Å². The van der Waals surface area contributed by atoms with Gasteiger partial charge in [-0.2, -0.15) is 0 Å². The second-order valence-electron chi connectivity index (χ2n) is 4.52. The summed E-state index contributed by atoms with van der Waals surface area (Å²) in [4.78, 5) is 14.9. The molecule has 1 heterocycles. The lowest BCUT2D eigenvalue weighted by molar-refractivity contribution is -0.385. The van der Waals surface area contributed by atoms with Crippen LogP contribution in [0.4, 0.5) is 5.69 Å². The lowest BCUT2D eigenvalue weighted by Gasteiger charge is -2.03. The Bertz CT molecular complexity index is 580. The Balaban J connectivity index is 1.98. The molecule has 0 radical (unpaired) electrons. The van der Waals surface area contributed by atoms with Crippen LogP contribution in [0, 0.1) is 10.1 Å².